The number of aldehydes is 1. The molecule has 0 amide bonds. The summed E-state index contributed by atoms with van der Waals surface area (Å²) >= 11 is 0. The molecule has 0 saturated carbocycles. The number of aromatic nitrogens is 2. The predicted octanol–water partition coefficient (Wildman–Crippen LogP) is 1.96. The lowest BCUT2D eigenvalue weighted by atomic mass is 10.1. The van der Waals surface area contributed by atoms with E-state index in [4.69, 9.17) is 0 Å². The molecule has 2 aromatic rings. The zero-order valence-electron chi connectivity index (χ0n) is 7.42. The van der Waals surface area contributed by atoms with Gasteiger partial charge in [-0.3, -0.25) is 14.8 Å². The molecular weight excluding hydrogens is 176 g/mol. The van der Waals surface area contributed by atoms with Crippen molar-refractivity contribution in [3.63, 3.8) is 0 Å². The van der Waals surface area contributed by atoms with E-state index in [1.54, 1.807) is 24.7 Å². The van der Waals surface area contributed by atoms with E-state index < -0.39 is 0 Å². The van der Waals surface area contributed by atoms with Gasteiger partial charge in [0, 0.05) is 29.7 Å². The second kappa shape index (κ2) is 3.79. The average molecular weight is 184 g/mol. The Hall–Kier alpha value is -2.03. The number of nitrogens with zero attached hydrogens (tertiary/aromatic N) is 2. The Morgan fingerprint density at radius 1 is 1.14 bits per heavy atom. The first-order chi connectivity index (χ1) is 6.92. The number of rotatable bonds is 2. The normalized spacial score (nSPS) is 9.71. The van der Waals surface area contributed by atoms with Gasteiger partial charge in [0.25, 0.3) is 0 Å². The first kappa shape index (κ1) is 8.56. The molecule has 68 valence electrons. The SMILES string of the molecule is O=Cc1ccncc1-c1ccccn1. The van der Waals surface area contributed by atoms with Crippen molar-refractivity contribution >= 4 is 6.29 Å². The minimum atomic E-state index is 0.610. The summed E-state index contributed by atoms with van der Waals surface area (Å²) in [5, 5.41) is 0. The van der Waals surface area contributed by atoms with Crippen molar-refractivity contribution in [2.45, 2.75) is 0 Å². The summed E-state index contributed by atoms with van der Waals surface area (Å²) in [6.45, 7) is 0. The minimum Gasteiger partial charge on any atom is -0.298 e. The molecule has 0 fully saturated rings. The Labute approximate surface area is 81.5 Å². The number of carbonyl (C=O) groups is 1. The lowest BCUT2D eigenvalue weighted by molar-refractivity contribution is 0.112. The van der Waals surface area contributed by atoms with Gasteiger partial charge in [-0.25, -0.2) is 0 Å². The summed E-state index contributed by atoms with van der Waals surface area (Å²) < 4.78 is 0. The van der Waals surface area contributed by atoms with Crippen molar-refractivity contribution in [2.75, 3.05) is 0 Å². The summed E-state index contributed by atoms with van der Waals surface area (Å²) in [6, 6.07) is 7.24. The van der Waals surface area contributed by atoms with Gasteiger partial charge < -0.3 is 0 Å². The van der Waals surface area contributed by atoms with Crippen LogP contribution >= 0.6 is 0 Å². The third-order valence-electron chi connectivity index (χ3n) is 1.92. The van der Waals surface area contributed by atoms with Crippen LogP contribution in [0.1, 0.15) is 10.4 Å². The number of pyridine rings is 2. The standard InChI is InChI=1S/C11H8N2O/c14-8-9-4-6-12-7-10(9)11-3-1-2-5-13-11/h1-8H. The zero-order chi connectivity index (χ0) is 9.80. The molecule has 0 spiro atoms. The van der Waals surface area contributed by atoms with Crippen LogP contribution < -0.4 is 0 Å². The fourth-order valence-corrected chi connectivity index (χ4v) is 1.24. The second-order valence-electron chi connectivity index (χ2n) is 2.80. The van der Waals surface area contributed by atoms with E-state index in [1.807, 2.05) is 18.2 Å². The van der Waals surface area contributed by atoms with Crippen molar-refractivity contribution in [2.24, 2.45) is 0 Å². The van der Waals surface area contributed by atoms with Crippen LogP contribution in [-0.4, -0.2) is 16.3 Å². The van der Waals surface area contributed by atoms with Crippen LogP contribution in [0.5, 0.6) is 0 Å². The number of hydrogen-bond acceptors (Lipinski definition) is 3. The van der Waals surface area contributed by atoms with E-state index in [2.05, 4.69) is 9.97 Å². The second-order valence-corrected chi connectivity index (χ2v) is 2.80. The molecule has 0 N–H and O–H groups in total. The monoisotopic (exact) mass is 184 g/mol. The van der Waals surface area contributed by atoms with Gasteiger partial charge in [0.05, 0.1) is 5.69 Å². The molecule has 0 aromatic carbocycles. The lowest BCUT2D eigenvalue weighted by Gasteiger charge is -2.01. The van der Waals surface area contributed by atoms with Gasteiger partial charge in [-0.2, -0.15) is 0 Å². The minimum absolute atomic E-state index is 0.610. The van der Waals surface area contributed by atoms with Gasteiger partial charge in [-0.15, -0.1) is 0 Å². The third kappa shape index (κ3) is 1.52. The van der Waals surface area contributed by atoms with Crippen LogP contribution in [0, 0.1) is 0 Å². The number of hydrogen-bond donors (Lipinski definition) is 0. The average Bonchev–Trinajstić information content (AvgIpc) is 2.30. The molecule has 3 nitrogen and oxygen atoms in total. The zero-order valence-corrected chi connectivity index (χ0v) is 7.42. The molecule has 0 atom stereocenters. The van der Waals surface area contributed by atoms with E-state index in [0.29, 0.717) is 5.56 Å². The maximum absolute atomic E-state index is 10.7. The molecule has 2 rings (SSSR count). The quantitative estimate of drug-likeness (QED) is 0.670. The van der Waals surface area contributed by atoms with E-state index >= 15 is 0 Å². The van der Waals surface area contributed by atoms with Crippen molar-refractivity contribution in [3.8, 4) is 11.3 Å². The van der Waals surface area contributed by atoms with Gasteiger partial charge in [-0.05, 0) is 18.2 Å². The third-order valence-corrected chi connectivity index (χ3v) is 1.92. The maximum Gasteiger partial charge on any atom is 0.150 e. The highest BCUT2D eigenvalue weighted by atomic mass is 16.1. The van der Waals surface area contributed by atoms with Gasteiger partial charge in [0.15, 0.2) is 6.29 Å². The molecule has 0 radical (unpaired) electrons. The molecule has 0 bridgehead atoms. The fourth-order valence-electron chi connectivity index (χ4n) is 1.24. The van der Waals surface area contributed by atoms with E-state index in [1.165, 1.54) is 0 Å². The highest BCUT2D eigenvalue weighted by Crippen LogP contribution is 2.18. The smallest absolute Gasteiger partial charge is 0.150 e. The highest BCUT2D eigenvalue weighted by molar-refractivity contribution is 5.85. The maximum atomic E-state index is 10.7. The summed E-state index contributed by atoms with van der Waals surface area (Å²) in [5.74, 6) is 0. The Bertz CT molecular complexity index is 440. The summed E-state index contributed by atoms with van der Waals surface area (Å²) in [4.78, 5) is 18.9. The van der Waals surface area contributed by atoms with Gasteiger partial charge >= 0.3 is 0 Å². The van der Waals surface area contributed by atoms with E-state index in [0.717, 1.165) is 17.5 Å². The molecular formula is C11H8N2O. The molecule has 3 heteroatoms. The molecule has 0 saturated heterocycles. The molecule has 0 aliphatic carbocycles. The largest absolute Gasteiger partial charge is 0.298 e. The van der Waals surface area contributed by atoms with E-state index in [-0.39, 0.29) is 0 Å². The van der Waals surface area contributed by atoms with Crippen LogP contribution in [0.15, 0.2) is 42.9 Å². The Morgan fingerprint density at radius 3 is 2.79 bits per heavy atom. The van der Waals surface area contributed by atoms with E-state index in [9.17, 15) is 4.79 Å². The summed E-state index contributed by atoms with van der Waals surface area (Å²) in [6.07, 6.45) is 5.74. The van der Waals surface area contributed by atoms with Crippen molar-refractivity contribution in [3.05, 3.63) is 48.4 Å². The molecule has 14 heavy (non-hydrogen) atoms. The van der Waals surface area contributed by atoms with Gasteiger partial charge in [0.1, 0.15) is 0 Å². The first-order valence-corrected chi connectivity index (χ1v) is 4.22. The fraction of sp³-hybridized carbons (Fsp3) is 0. The topological polar surface area (TPSA) is 42.9 Å². The molecule has 0 unspecified atom stereocenters. The van der Waals surface area contributed by atoms with Crippen LogP contribution in [0.25, 0.3) is 11.3 Å². The van der Waals surface area contributed by atoms with Crippen molar-refractivity contribution < 1.29 is 4.79 Å². The predicted molar refractivity (Wildman–Crippen MR) is 52.9 cm³/mol. The van der Waals surface area contributed by atoms with Crippen molar-refractivity contribution in [1.82, 2.24) is 9.97 Å². The number of carbonyl (C=O) groups excluding carboxylic acids is 1. The molecule has 0 aliphatic rings. The Kier molecular flexibility index (Phi) is 2.32. The molecule has 2 heterocycles. The Balaban J connectivity index is 2.57. The van der Waals surface area contributed by atoms with Crippen LogP contribution in [0.3, 0.4) is 0 Å². The summed E-state index contributed by atoms with van der Waals surface area (Å²) in [7, 11) is 0. The molecule has 2 aromatic heterocycles. The first-order valence-electron chi connectivity index (χ1n) is 4.22. The van der Waals surface area contributed by atoms with Gasteiger partial charge in [0.2, 0.25) is 0 Å². The lowest BCUT2D eigenvalue weighted by Crippen LogP contribution is -1.90. The van der Waals surface area contributed by atoms with Crippen LogP contribution in [-0.2, 0) is 0 Å². The van der Waals surface area contributed by atoms with Gasteiger partial charge in [-0.1, -0.05) is 6.07 Å². The summed E-state index contributed by atoms with van der Waals surface area (Å²) in [5.41, 5.74) is 2.14. The highest BCUT2D eigenvalue weighted by Gasteiger charge is 2.03. The molecule has 0 aliphatic heterocycles. The van der Waals surface area contributed by atoms with Crippen molar-refractivity contribution in [1.29, 1.82) is 0 Å². The van der Waals surface area contributed by atoms with Crippen LogP contribution in [0.4, 0.5) is 0 Å². The van der Waals surface area contributed by atoms with Crippen LogP contribution in [0.2, 0.25) is 0 Å². The Morgan fingerprint density at radius 2 is 2.07 bits per heavy atom.